The average molecular weight is 204 g/mol. The molecule has 3 heteroatoms. The van der Waals surface area contributed by atoms with Gasteiger partial charge in [-0.15, -0.1) is 11.3 Å². The first kappa shape index (κ1) is 10.0. The smallest absolute Gasteiger partial charge is 0.0976 e. The van der Waals surface area contributed by atoms with Gasteiger partial charge in [0.15, 0.2) is 0 Å². The molecule has 0 aliphatic carbocycles. The fourth-order valence-electron chi connectivity index (χ4n) is 0.993. The zero-order valence-electron chi connectivity index (χ0n) is 7.60. The third kappa shape index (κ3) is 2.00. The standard InChI is InChI=1S/C9H14ClNS/c1-9(2,3)7(11)6-4-5-12-8(6)10/h4-5,7H,11H2,1-3H3/t7-/m0/s1. The van der Waals surface area contributed by atoms with Gasteiger partial charge in [0.1, 0.15) is 0 Å². The highest BCUT2D eigenvalue weighted by atomic mass is 35.5. The number of rotatable bonds is 1. The largest absolute Gasteiger partial charge is 0.323 e. The summed E-state index contributed by atoms with van der Waals surface area (Å²) in [6.07, 6.45) is 0. The lowest BCUT2D eigenvalue weighted by molar-refractivity contribution is 0.327. The van der Waals surface area contributed by atoms with Gasteiger partial charge in [0.25, 0.3) is 0 Å². The second-order valence-corrected chi connectivity index (χ2v) is 5.51. The Morgan fingerprint density at radius 3 is 2.42 bits per heavy atom. The van der Waals surface area contributed by atoms with Crippen LogP contribution in [0.15, 0.2) is 11.4 Å². The molecule has 1 nitrogen and oxygen atoms in total. The van der Waals surface area contributed by atoms with Gasteiger partial charge in [0.05, 0.1) is 4.34 Å². The van der Waals surface area contributed by atoms with Crippen molar-refractivity contribution in [3.8, 4) is 0 Å². The van der Waals surface area contributed by atoms with Crippen molar-refractivity contribution in [3.05, 3.63) is 21.3 Å². The maximum atomic E-state index is 6.04. The molecule has 12 heavy (non-hydrogen) atoms. The first-order chi connectivity index (χ1) is 5.43. The lowest BCUT2D eigenvalue weighted by atomic mass is 9.84. The van der Waals surface area contributed by atoms with Crippen molar-refractivity contribution in [1.82, 2.24) is 0 Å². The fraction of sp³-hybridized carbons (Fsp3) is 0.556. The number of nitrogens with two attached hydrogens (primary N) is 1. The van der Waals surface area contributed by atoms with Gasteiger partial charge in [0.2, 0.25) is 0 Å². The van der Waals surface area contributed by atoms with Crippen LogP contribution in [0.25, 0.3) is 0 Å². The molecule has 0 radical (unpaired) electrons. The van der Waals surface area contributed by atoms with Crippen LogP contribution < -0.4 is 5.73 Å². The number of hydrogen-bond donors (Lipinski definition) is 1. The molecular weight excluding hydrogens is 190 g/mol. The van der Waals surface area contributed by atoms with Crippen LogP contribution in [0.4, 0.5) is 0 Å². The molecule has 0 saturated carbocycles. The number of halogens is 1. The first-order valence-electron chi connectivity index (χ1n) is 3.91. The minimum Gasteiger partial charge on any atom is -0.323 e. The molecular formula is C9H14ClNS. The van der Waals surface area contributed by atoms with E-state index in [-0.39, 0.29) is 11.5 Å². The summed E-state index contributed by atoms with van der Waals surface area (Å²) >= 11 is 7.51. The third-order valence-corrected chi connectivity index (χ3v) is 3.11. The summed E-state index contributed by atoms with van der Waals surface area (Å²) < 4.78 is 0.817. The lowest BCUT2D eigenvalue weighted by Gasteiger charge is -2.26. The van der Waals surface area contributed by atoms with Crippen LogP contribution in [0.5, 0.6) is 0 Å². The van der Waals surface area contributed by atoms with E-state index in [1.807, 2.05) is 11.4 Å². The van der Waals surface area contributed by atoms with Gasteiger partial charge in [-0.25, -0.2) is 0 Å². The van der Waals surface area contributed by atoms with Crippen LogP contribution in [0.1, 0.15) is 32.4 Å². The van der Waals surface area contributed by atoms with Crippen LogP contribution in [0, 0.1) is 5.41 Å². The highest BCUT2D eigenvalue weighted by Gasteiger charge is 2.24. The molecule has 1 aromatic heterocycles. The molecule has 1 atom stereocenters. The minimum absolute atomic E-state index is 0.0243. The van der Waals surface area contributed by atoms with Crippen molar-refractivity contribution in [1.29, 1.82) is 0 Å². The molecule has 0 aliphatic heterocycles. The summed E-state index contributed by atoms with van der Waals surface area (Å²) in [5.74, 6) is 0. The van der Waals surface area contributed by atoms with Crippen molar-refractivity contribution < 1.29 is 0 Å². The molecule has 0 unspecified atom stereocenters. The molecule has 68 valence electrons. The van der Waals surface area contributed by atoms with E-state index in [0.29, 0.717) is 0 Å². The fourth-order valence-corrected chi connectivity index (χ4v) is 1.99. The molecule has 0 saturated heterocycles. The highest BCUT2D eigenvalue weighted by Crippen LogP contribution is 2.36. The summed E-state index contributed by atoms with van der Waals surface area (Å²) in [6.45, 7) is 6.35. The molecule has 0 spiro atoms. The van der Waals surface area contributed by atoms with Gasteiger partial charge in [-0.05, 0) is 22.4 Å². The lowest BCUT2D eigenvalue weighted by Crippen LogP contribution is -2.25. The monoisotopic (exact) mass is 203 g/mol. The van der Waals surface area contributed by atoms with Crippen LogP contribution >= 0.6 is 22.9 Å². The average Bonchev–Trinajstić information content (AvgIpc) is 2.31. The molecule has 0 amide bonds. The van der Waals surface area contributed by atoms with E-state index in [1.165, 1.54) is 11.3 Å². The molecule has 0 bridgehead atoms. The normalized spacial score (nSPS) is 14.8. The van der Waals surface area contributed by atoms with Crippen molar-refractivity contribution >= 4 is 22.9 Å². The van der Waals surface area contributed by atoms with Gasteiger partial charge < -0.3 is 5.73 Å². The number of hydrogen-bond acceptors (Lipinski definition) is 2. The van der Waals surface area contributed by atoms with Crippen molar-refractivity contribution in [3.63, 3.8) is 0 Å². The highest BCUT2D eigenvalue weighted by molar-refractivity contribution is 7.14. The molecule has 0 aromatic carbocycles. The van der Waals surface area contributed by atoms with Gasteiger partial charge >= 0.3 is 0 Å². The van der Waals surface area contributed by atoms with Crippen molar-refractivity contribution in [2.24, 2.45) is 11.1 Å². The Bertz CT molecular complexity index is 262. The molecule has 2 N–H and O–H groups in total. The van der Waals surface area contributed by atoms with E-state index in [0.717, 1.165) is 9.90 Å². The first-order valence-corrected chi connectivity index (χ1v) is 5.17. The van der Waals surface area contributed by atoms with Gasteiger partial charge in [0, 0.05) is 6.04 Å². The molecule has 0 aliphatic rings. The van der Waals surface area contributed by atoms with Crippen LogP contribution in [0.2, 0.25) is 4.34 Å². The van der Waals surface area contributed by atoms with Crippen LogP contribution in [0.3, 0.4) is 0 Å². The number of thiophene rings is 1. The van der Waals surface area contributed by atoms with Gasteiger partial charge in [-0.2, -0.15) is 0 Å². The molecule has 1 heterocycles. The maximum Gasteiger partial charge on any atom is 0.0976 e. The van der Waals surface area contributed by atoms with Gasteiger partial charge in [-0.1, -0.05) is 32.4 Å². The van der Waals surface area contributed by atoms with E-state index in [9.17, 15) is 0 Å². The van der Waals surface area contributed by atoms with Crippen molar-refractivity contribution in [2.75, 3.05) is 0 Å². The third-order valence-electron chi connectivity index (χ3n) is 1.91. The summed E-state index contributed by atoms with van der Waals surface area (Å²) in [5.41, 5.74) is 7.18. The molecule has 1 rings (SSSR count). The minimum atomic E-state index is 0.0243. The Morgan fingerprint density at radius 1 is 1.50 bits per heavy atom. The maximum absolute atomic E-state index is 6.04. The SMILES string of the molecule is CC(C)(C)[C@@H](N)c1ccsc1Cl. The zero-order valence-corrected chi connectivity index (χ0v) is 9.17. The van der Waals surface area contributed by atoms with Gasteiger partial charge in [-0.3, -0.25) is 0 Å². The Hall–Kier alpha value is -0.0500. The van der Waals surface area contributed by atoms with E-state index < -0.39 is 0 Å². The van der Waals surface area contributed by atoms with Crippen LogP contribution in [-0.2, 0) is 0 Å². The van der Waals surface area contributed by atoms with E-state index in [1.54, 1.807) is 0 Å². The summed E-state index contributed by atoms with van der Waals surface area (Å²) in [7, 11) is 0. The van der Waals surface area contributed by atoms with Crippen LogP contribution in [-0.4, -0.2) is 0 Å². The summed E-state index contributed by atoms with van der Waals surface area (Å²) in [6, 6.07) is 2.03. The Labute approximate surface area is 82.5 Å². The Kier molecular flexibility index (Phi) is 2.81. The van der Waals surface area contributed by atoms with E-state index >= 15 is 0 Å². The predicted molar refractivity (Wildman–Crippen MR) is 55.7 cm³/mol. The zero-order chi connectivity index (χ0) is 9.35. The quantitative estimate of drug-likeness (QED) is 0.744. The van der Waals surface area contributed by atoms with E-state index in [4.69, 9.17) is 17.3 Å². The summed E-state index contributed by atoms with van der Waals surface area (Å²) in [5, 5.41) is 1.98. The van der Waals surface area contributed by atoms with Crippen molar-refractivity contribution in [2.45, 2.75) is 26.8 Å². The molecule has 1 aromatic rings. The topological polar surface area (TPSA) is 26.0 Å². The Morgan fingerprint density at radius 2 is 2.08 bits per heavy atom. The second-order valence-electron chi connectivity index (χ2n) is 3.99. The predicted octanol–water partition coefficient (Wildman–Crippen LogP) is 3.45. The molecule has 0 fully saturated rings. The summed E-state index contributed by atoms with van der Waals surface area (Å²) in [4.78, 5) is 0. The Balaban J connectivity index is 2.92. The second kappa shape index (κ2) is 3.36. The van der Waals surface area contributed by atoms with E-state index in [2.05, 4.69) is 20.8 Å².